The summed E-state index contributed by atoms with van der Waals surface area (Å²) in [4.78, 5) is 17.1. The molecule has 0 aliphatic carbocycles. The fourth-order valence-corrected chi connectivity index (χ4v) is 3.04. The Morgan fingerprint density at radius 2 is 1.80 bits per heavy atom. The minimum atomic E-state index is -0.493. The van der Waals surface area contributed by atoms with Crippen LogP contribution in [-0.4, -0.2) is 27.8 Å². The number of carbonyl (C=O) groups is 1. The fourth-order valence-electron chi connectivity index (χ4n) is 2.85. The van der Waals surface area contributed by atoms with Crippen molar-refractivity contribution in [2.45, 2.75) is 0 Å². The number of hydrogen-bond donors (Lipinski definition) is 1. The van der Waals surface area contributed by atoms with Crippen molar-refractivity contribution in [3.05, 3.63) is 89.5 Å². The third kappa shape index (κ3) is 4.16. The van der Waals surface area contributed by atoms with Crippen molar-refractivity contribution < 1.29 is 13.9 Å². The quantitative estimate of drug-likeness (QED) is 0.492. The molecule has 0 saturated carbocycles. The Labute approximate surface area is 176 Å². The Bertz CT molecular complexity index is 1190. The van der Waals surface area contributed by atoms with Gasteiger partial charge in [0.25, 0.3) is 5.91 Å². The first-order valence-electron chi connectivity index (χ1n) is 8.98. The number of amides is 1. The number of hydrogen-bond acceptors (Lipinski definition) is 4. The van der Waals surface area contributed by atoms with Crippen LogP contribution in [-0.2, 0) is 0 Å². The second kappa shape index (κ2) is 8.34. The van der Waals surface area contributed by atoms with Crippen molar-refractivity contribution in [3.8, 4) is 22.8 Å². The molecule has 0 aliphatic rings. The van der Waals surface area contributed by atoms with Crippen molar-refractivity contribution in [3.63, 3.8) is 0 Å². The Balaban J connectivity index is 1.74. The zero-order valence-electron chi connectivity index (χ0n) is 15.8. The molecule has 0 atom stereocenters. The maximum absolute atomic E-state index is 13.4. The van der Waals surface area contributed by atoms with Gasteiger partial charge in [-0.05, 0) is 66.7 Å². The van der Waals surface area contributed by atoms with E-state index in [4.69, 9.17) is 16.3 Å². The van der Waals surface area contributed by atoms with E-state index < -0.39 is 5.91 Å². The van der Waals surface area contributed by atoms with Gasteiger partial charge in [-0.2, -0.15) is 0 Å². The highest BCUT2D eigenvalue weighted by Gasteiger charge is 2.19. The molecule has 0 saturated heterocycles. The smallest absolute Gasteiger partial charge is 0.295 e. The van der Waals surface area contributed by atoms with E-state index in [1.54, 1.807) is 67.8 Å². The lowest BCUT2D eigenvalue weighted by molar-refractivity contribution is 0.101. The zero-order valence-corrected chi connectivity index (χ0v) is 16.6. The van der Waals surface area contributed by atoms with Crippen LogP contribution in [0.25, 0.3) is 17.1 Å². The monoisotopic (exact) mass is 422 g/mol. The Morgan fingerprint density at radius 1 is 1.07 bits per heavy atom. The summed E-state index contributed by atoms with van der Waals surface area (Å²) < 4.78 is 20.1. The second-order valence-electron chi connectivity index (χ2n) is 6.34. The maximum Gasteiger partial charge on any atom is 0.295 e. The van der Waals surface area contributed by atoms with Gasteiger partial charge in [0.05, 0.1) is 12.8 Å². The molecule has 1 N–H and O–H groups in total. The predicted molar refractivity (Wildman–Crippen MR) is 113 cm³/mol. The van der Waals surface area contributed by atoms with Crippen LogP contribution in [0.1, 0.15) is 10.6 Å². The van der Waals surface area contributed by atoms with Gasteiger partial charge in [0.2, 0.25) is 5.82 Å². The molecule has 4 aromatic rings. The van der Waals surface area contributed by atoms with E-state index in [0.717, 1.165) is 0 Å². The topological polar surface area (TPSA) is 69.0 Å². The lowest BCUT2D eigenvalue weighted by atomic mass is 10.2. The third-order valence-electron chi connectivity index (χ3n) is 4.31. The van der Waals surface area contributed by atoms with Gasteiger partial charge in [0.1, 0.15) is 11.6 Å². The van der Waals surface area contributed by atoms with Crippen molar-refractivity contribution in [1.29, 1.82) is 0 Å². The van der Waals surface area contributed by atoms with E-state index in [0.29, 0.717) is 33.5 Å². The molecule has 4 rings (SSSR count). The van der Waals surface area contributed by atoms with Crippen LogP contribution < -0.4 is 10.1 Å². The average Bonchev–Trinajstić information content (AvgIpc) is 3.20. The van der Waals surface area contributed by atoms with Crippen LogP contribution in [0.3, 0.4) is 0 Å². The molecule has 1 heterocycles. The number of benzene rings is 3. The van der Waals surface area contributed by atoms with Gasteiger partial charge in [-0.3, -0.25) is 4.79 Å². The van der Waals surface area contributed by atoms with Gasteiger partial charge in [-0.25, -0.2) is 14.1 Å². The van der Waals surface area contributed by atoms with E-state index >= 15 is 0 Å². The van der Waals surface area contributed by atoms with Gasteiger partial charge in [-0.1, -0.05) is 17.7 Å². The minimum Gasteiger partial charge on any atom is -0.497 e. The van der Waals surface area contributed by atoms with Crippen LogP contribution in [0.5, 0.6) is 5.75 Å². The van der Waals surface area contributed by atoms with Crippen molar-refractivity contribution >= 4 is 23.2 Å². The van der Waals surface area contributed by atoms with Gasteiger partial charge in [0, 0.05) is 16.3 Å². The molecule has 3 aromatic carbocycles. The largest absolute Gasteiger partial charge is 0.497 e. The SMILES string of the molecule is COc1ccc(-n2nc(C(=O)Nc3cccc(Cl)c3)nc2-c2ccc(F)cc2)cc1. The van der Waals surface area contributed by atoms with Crippen molar-refractivity contribution in [2.24, 2.45) is 0 Å². The molecule has 6 nitrogen and oxygen atoms in total. The van der Waals surface area contributed by atoms with Gasteiger partial charge >= 0.3 is 0 Å². The number of halogens is 2. The van der Waals surface area contributed by atoms with Gasteiger partial charge in [-0.15, -0.1) is 5.10 Å². The van der Waals surface area contributed by atoms with Crippen LogP contribution >= 0.6 is 11.6 Å². The van der Waals surface area contributed by atoms with Crippen molar-refractivity contribution in [1.82, 2.24) is 14.8 Å². The highest BCUT2D eigenvalue weighted by molar-refractivity contribution is 6.30. The summed E-state index contributed by atoms with van der Waals surface area (Å²) >= 11 is 5.97. The molecule has 0 fully saturated rings. The second-order valence-corrected chi connectivity index (χ2v) is 6.78. The highest BCUT2D eigenvalue weighted by Crippen LogP contribution is 2.24. The van der Waals surface area contributed by atoms with E-state index in [-0.39, 0.29) is 11.6 Å². The zero-order chi connectivity index (χ0) is 21.1. The van der Waals surface area contributed by atoms with E-state index in [2.05, 4.69) is 15.4 Å². The molecular formula is C22H16ClFN4O2. The Hall–Kier alpha value is -3.71. The van der Waals surface area contributed by atoms with Gasteiger partial charge < -0.3 is 10.1 Å². The Kier molecular flexibility index (Phi) is 5.45. The first-order chi connectivity index (χ1) is 14.5. The molecule has 1 amide bonds. The molecule has 8 heteroatoms. The molecule has 0 spiro atoms. The Morgan fingerprint density at radius 3 is 2.47 bits per heavy atom. The molecular weight excluding hydrogens is 407 g/mol. The molecule has 0 unspecified atom stereocenters. The number of ether oxygens (including phenoxy) is 1. The fraction of sp³-hybridized carbons (Fsp3) is 0.0455. The molecule has 1 aromatic heterocycles. The van der Waals surface area contributed by atoms with E-state index in [9.17, 15) is 9.18 Å². The summed E-state index contributed by atoms with van der Waals surface area (Å²) in [5.41, 5.74) is 1.81. The number of nitrogens with zero attached hydrogens (tertiary/aromatic N) is 3. The summed E-state index contributed by atoms with van der Waals surface area (Å²) in [5, 5.41) is 7.60. The summed E-state index contributed by atoms with van der Waals surface area (Å²) in [6.45, 7) is 0. The number of anilines is 1. The molecule has 30 heavy (non-hydrogen) atoms. The summed E-state index contributed by atoms with van der Waals surface area (Å²) in [6, 6.07) is 19.7. The summed E-state index contributed by atoms with van der Waals surface area (Å²) in [5.74, 6) is 0.184. The number of nitrogens with one attached hydrogen (secondary N) is 1. The molecule has 0 radical (unpaired) electrons. The minimum absolute atomic E-state index is 0.0369. The predicted octanol–water partition coefficient (Wildman–Crippen LogP) is 4.99. The van der Waals surface area contributed by atoms with Crippen LogP contribution in [0.2, 0.25) is 5.02 Å². The normalized spacial score (nSPS) is 10.6. The molecule has 150 valence electrons. The van der Waals surface area contributed by atoms with Crippen LogP contribution in [0.4, 0.5) is 10.1 Å². The standard InChI is InChI=1S/C22H16ClFN4O2/c1-30-19-11-9-18(10-12-19)28-21(14-5-7-16(24)8-6-14)26-20(27-28)22(29)25-17-4-2-3-15(23)13-17/h2-13H,1H3,(H,25,29). The number of carbonyl (C=O) groups excluding carboxylic acids is 1. The first kappa shape index (κ1) is 19.6. The van der Waals surface area contributed by atoms with Gasteiger partial charge in [0.15, 0.2) is 5.82 Å². The first-order valence-corrected chi connectivity index (χ1v) is 9.35. The highest BCUT2D eigenvalue weighted by atomic mass is 35.5. The van der Waals surface area contributed by atoms with E-state index in [1.165, 1.54) is 16.8 Å². The molecule has 0 bridgehead atoms. The van der Waals surface area contributed by atoms with Crippen LogP contribution in [0.15, 0.2) is 72.8 Å². The van der Waals surface area contributed by atoms with Crippen LogP contribution in [0, 0.1) is 5.82 Å². The van der Waals surface area contributed by atoms with E-state index in [1.807, 2.05) is 0 Å². The lowest BCUT2D eigenvalue weighted by Gasteiger charge is -2.07. The molecule has 0 aliphatic heterocycles. The number of methoxy groups -OCH3 is 1. The average molecular weight is 423 g/mol. The summed E-state index contributed by atoms with van der Waals surface area (Å²) in [7, 11) is 1.58. The number of aromatic nitrogens is 3. The van der Waals surface area contributed by atoms with Crippen molar-refractivity contribution in [2.75, 3.05) is 12.4 Å². The third-order valence-corrected chi connectivity index (χ3v) is 4.55. The maximum atomic E-state index is 13.4. The lowest BCUT2D eigenvalue weighted by Crippen LogP contribution is -2.14. The number of rotatable bonds is 5. The summed E-state index contributed by atoms with van der Waals surface area (Å²) in [6.07, 6.45) is 0.